The van der Waals surface area contributed by atoms with Crippen molar-refractivity contribution in [2.75, 3.05) is 27.4 Å². The average Bonchev–Trinajstić information content (AvgIpc) is 2.97. The summed E-state index contributed by atoms with van der Waals surface area (Å²) in [6.07, 6.45) is 4.70. The quantitative estimate of drug-likeness (QED) is 0.716. The summed E-state index contributed by atoms with van der Waals surface area (Å²) in [6, 6.07) is 8.13. The van der Waals surface area contributed by atoms with E-state index < -0.39 is 0 Å². The van der Waals surface area contributed by atoms with Gasteiger partial charge in [0.15, 0.2) is 0 Å². The highest BCUT2D eigenvalue weighted by Crippen LogP contribution is 2.18. The number of hydrogen-bond donors (Lipinski definition) is 1. The second-order valence-corrected chi connectivity index (χ2v) is 4.81. The molecule has 0 aliphatic heterocycles. The van der Waals surface area contributed by atoms with Crippen LogP contribution in [0.1, 0.15) is 11.3 Å². The lowest BCUT2D eigenvalue weighted by Gasteiger charge is -2.11. The number of benzene rings is 1. The van der Waals surface area contributed by atoms with E-state index in [1.807, 2.05) is 30.7 Å². The van der Waals surface area contributed by atoms with Gasteiger partial charge in [0, 0.05) is 32.9 Å². The molecule has 0 radical (unpaired) electrons. The summed E-state index contributed by atoms with van der Waals surface area (Å²) in [5, 5.41) is 3.34. The minimum Gasteiger partial charge on any atom is -0.496 e. The fraction of sp³-hybridized carbons (Fsp3) is 0.438. The van der Waals surface area contributed by atoms with Crippen LogP contribution in [-0.4, -0.2) is 36.9 Å². The van der Waals surface area contributed by atoms with Crippen molar-refractivity contribution in [1.29, 1.82) is 0 Å². The Kier molecular flexibility index (Phi) is 6.24. The predicted molar refractivity (Wildman–Crippen MR) is 82.5 cm³/mol. The lowest BCUT2D eigenvalue weighted by Crippen LogP contribution is -2.20. The van der Waals surface area contributed by atoms with Crippen LogP contribution in [0, 0.1) is 0 Å². The number of nitrogens with one attached hydrogen (secondary N) is 1. The van der Waals surface area contributed by atoms with Crippen LogP contribution in [0.4, 0.5) is 0 Å². The lowest BCUT2D eigenvalue weighted by molar-refractivity contribution is 0.199. The van der Waals surface area contributed by atoms with E-state index in [0.29, 0.717) is 0 Å². The first kappa shape index (κ1) is 15.5. The molecule has 0 fully saturated rings. The smallest absolute Gasteiger partial charge is 0.122 e. The normalized spacial score (nSPS) is 10.8. The van der Waals surface area contributed by atoms with E-state index in [0.717, 1.165) is 38.4 Å². The fourth-order valence-electron chi connectivity index (χ4n) is 2.24. The van der Waals surface area contributed by atoms with Crippen molar-refractivity contribution in [2.24, 2.45) is 0 Å². The van der Waals surface area contributed by atoms with Gasteiger partial charge in [-0.25, -0.2) is 4.98 Å². The molecule has 114 valence electrons. The van der Waals surface area contributed by atoms with Gasteiger partial charge in [0.1, 0.15) is 5.75 Å². The molecule has 0 unspecified atom stereocenters. The Hall–Kier alpha value is -1.85. The van der Waals surface area contributed by atoms with Gasteiger partial charge >= 0.3 is 0 Å². The molecular weight excluding hydrogens is 266 g/mol. The zero-order valence-corrected chi connectivity index (χ0v) is 12.7. The lowest BCUT2D eigenvalue weighted by atomic mass is 10.1. The van der Waals surface area contributed by atoms with Gasteiger partial charge in [-0.3, -0.25) is 0 Å². The van der Waals surface area contributed by atoms with Gasteiger partial charge in [-0.15, -0.1) is 0 Å². The highest BCUT2D eigenvalue weighted by atomic mass is 16.5. The summed E-state index contributed by atoms with van der Waals surface area (Å²) in [4.78, 5) is 4.24. The van der Waals surface area contributed by atoms with Gasteiger partial charge < -0.3 is 19.4 Å². The SMILES string of the molecule is COCCNCc1cncn1CCc1ccccc1OC. The van der Waals surface area contributed by atoms with Crippen molar-refractivity contribution in [3.63, 3.8) is 0 Å². The van der Waals surface area contributed by atoms with E-state index in [4.69, 9.17) is 9.47 Å². The molecule has 0 aliphatic rings. The molecule has 1 heterocycles. The zero-order chi connectivity index (χ0) is 14.9. The summed E-state index contributed by atoms with van der Waals surface area (Å²) >= 11 is 0. The summed E-state index contributed by atoms with van der Waals surface area (Å²) in [7, 11) is 3.42. The first-order valence-corrected chi connectivity index (χ1v) is 7.15. The van der Waals surface area contributed by atoms with Gasteiger partial charge in [0.25, 0.3) is 0 Å². The number of methoxy groups -OCH3 is 2. The zero-order valence-electron chi connectivity index (χ0n) is 12.7. The van der Waals surface area contributed by atoms with Crippen molar-refractivity contribution in [3.05, 3.63) is 48.0 Å². The second-order valence-electron chi connectivity index (χ2n) is 4.81. The van der Waals surface area contributed by atoms with Crippen molar-refractivity contribution < 1.29 is 9.47 Å². The van der Waals surface area contributed by atoms with Gasteiger partial charge in [0.05, 0.1) is 25.7 Å². The number of imidazole rings is 1. The van der Waals surface area contributed by atoms with E-state index in [1.165, 1.54) is 11.3 Å². The Balaban J connectivity index is 1.90. The summed E-state index contributed by atoms with van der Waals surface area (Å²) in [5.74, 6) is 0.942. The summed E-state index contributed by atoms with van der Waals surface area (Å²) in [6.45, 7) is 3.25. The molecule has 1 aromatic carbocycles. The average molecular weight is 289 g/mol. The molecule has 5 heteroatoms. The maximum Gasteiger partial charge on any atom is 0.122 e. The molecule has 0 atom stereocenters. The molecule has 1 aromatic heterocycles. The van der Waals surface area contributed by atoms with Crippen LogP contribution >= 0.6 is 0 Å². The van der Waals surface area contributed by atoms with Crippen LogP contribution in [-0.2, 0) is 24.2 Å². The van der Waals surface area contributed by atoms with Crippen molar-refractivity contribution in [3.8, 4) is 5.75 Å². The largest absolute Gasteiger partial charge is 0.496 e. The predicted octanol–water partition coefficient (Wildman–Crippen LogP) is 1.87. The van der Waals surface area contributed by atoms with Gasteiger partial charge in [-0.1, -0.05) is 18.2 Å². The van der Waals surface area contributed by atoms with Crippen molar-refractivity contribution in [1.82, 2.24) is 14.9 Å². The molecule has 0 amide bonds. The Bertz CT molecular complexity index is 540. The molecule has 0 saturated heterocycles. The number of nitrogens with zero attached hydrogens (tertiary/aromatic N) is 2. The van der Waals surface area contributed by atoms with Crippen LogP contribution in [0.2, 0.25) is 0 Å². The van der Waals surface area contributed by atoms with Gasteiger partial charge in [-0.05, 0) is 18.1 Å². The minimum atomic E-state index is 0.718. The number of rotatable bonds is 9. The number of aryl methyl sites for hydroxylation is 2. The number of ether oxygens (including phenoxy) is 2. The molecule has 5 nitrogen and oxygen atoms in total. The third-order valence-electron chi connectivity index (χ3n) is 3.40. The van der Waals surface area contributed by atoms with Crippen LogP contribution in [0.15, 0.2) is 36.8 Å². The van der Waals surface area contributed by atoms with Gasteiger partial charge in [-0.2, -0.15) is 0 Å². The molecule has 21 heavy (non-hydrogen) atoms. The summed E-state index contributed by atoms with van der Waals surface area (Å²) < 4.78 is 12.6. The van der Waals surface area contributed by atoms with Crippen molar-refractivity contribution >= 4 is 0 Å². The Morgan fingerprint density at radius 1 is 1.24 bits per heavy atom. The number of hydrogen-bond acceptors (Lipinski definition) is 4. The number of aromatic nitrogens is 2. The van der Waals surface area contributed by atoms with Crippen LogP contribution < -0.4 is 10.1 Å². The number of para-hydroxylation sites is 1. The first-order valence-electron chi connectivity index (χ1n) is 7.15. The van der Waals surface area contributed by atoms with Gasteiger partial charge in [0.2, 0.25) is 0 Å². The van der Waals surface area contributed by atoms with Crippen LogP contribution in [0.5, 0.6) is 5.75 Å². The molecular formula is C16H23N3O2. The second kappa shape index (κ2) is 8.44. The Labute approximate surface area is 125 Å². The monoisotopic (exact) mass is 289 g/mol. The van der Waals surface area contributed by atoms with E-state index in [9.17, 15) is 0 Å². The van der Waals surface area contributed by atoms with Crippen LogP contribution in [0.25, 0.3) is 0 Å². The minimum absolute atomic E-state index is 0.718. The molecule has 2 rings (SSSR count). The maximum atomic E-state index is 5.39. The fourth-order valence-corrected chi connectivity index (χ4v) is 2.24. The molecule has 0 saturated carbocycles. The van der Waals surface area contributed by atoms with E-state index in [1.54, 1.807) is 14.2 Å². The molecule has 0 spiro atoms. The first-order chi connectivity index (χ1) is 10.3. The molecule has 0 bridgehead atoms. The highest BCUT2D eigenvalue weighted by molar-refractivity contribution is 5.33. The molecule has 0 aliphatic carbocycles. The van der Waals surface area contributed by atoms with Crippen LogP contribution in [0.3, 0.4) is 0 Å². The van der Waals surface area contributed by atoms with E-state index >= 15 is 0 Å². The molecule has 1 N–H and O–H groups in total. The van der Waals surface area contributed by atoms with Crippen molar-refractivity contribution in [2.45, 2.75) is 19.5 Å². The summed E-state index contributed by atoms with van der Waals surface area (Å²) in [5.41, 5.74) is 2.40. The van der Waals surface area contributed by atoms with E-state index in [-0.39, 0.29) is 0 Å². The topological polar surface area (TPSA) is 48.3 Å². The van der Waals surface area contributed by atoms with E-state index in [2.05, 4.69) is 20.9 Å². The Morgan fingerprint density at radius 3 is 2.90 bits per heavy atom. The third kappa shape index (κ3) is 4.58. The third-order valence-corrected chi connectivity index (χ3v) is 3.40. The maximum absolute atomic E-state index is 5.39. The Morgan fingerprint density at radius 2 is 2.10 bits per heavy atom. The standard InChI is InChI=1S/C16H23N3O2/c1-20-10-8-17-11-15-12-18-13-19(15)9-7-14-5-3-4-6-16(14)21-2/h3-6,12-13,17H,7-11H2,1-2H3. The molecule has 2 aromatic rings. The highest BCUT2D eigenvalue weighted by Gasteiger charge is 2.05.